The molecule has 2 rings (SSSR count). The average molecular weight is 392 g/mol. The summed E-state index contributed by atoms with van der Waals surface area (Å²) < 4.78 is 15.5. The Bertz CT molecular complexity index is 731. The van der Waals surface area contributed by atoms with Crippen LogP contribution in [0.25, 0.3) is 0 Å². The lowest BCUT2D eigenvalue weighted by atomic mass is 10.2. The van der Waals surface area contributed by atoms with Gasteiger partial charge in [0.05, 0.1) is 13.7 Å². The Morgan fingerprint density at radius 3 is 2.33 bits per heavy atom. The molecule has 0 aliphatic rings. The first-order valence-electron chi connectivity index (χ1n) is 8.50. The summed E-state index contributed by atoms with van der Waals surface area (Å²) in [6.45, 7) is 0.430. The van der Waals surface area contributed by atoms with E-state index in [9.17, 15) is 9.59 Å². The zero-order valence-electron chi connectivity index (χ0n) is 15.1. The molecule has 0 saturated heterocycles. The van der Waals surface area contributed by atoms with E-state index in [1.54, 1.807) is 43.5 Å². The quantitative estimate of drug-likeness (QED) is 0.496. The molecule has 0 aliphatic heterocycles. The van der Waals surface area contributed by atoms with Gasteiger partial charge in [0.15, 0.2) is 6.61 Å². The van der Waals surface area contributed by atoms with E-state index < -0.39 is 5.97 Å². The fourth-order valence-corrected chi connectivity index (χ4v) is 2.28. The Balaban J connectivity index is 1.55. The van der Waals surface area contributed by atoms with Crippen LogP contribution in [-0.2, 0) is 20.9 Å². The maximum absolute atomic E-state index is 11.7. The third kappa shape index (κ3) is 8.00. The van der Waals surface area contributed by atoms with Crippen LogP contribution in [0.1, 0.15) is 18.4 Å². The van der Waals surface area contributed by atoms with Crippen LogP contribution in [0.4, 0.5) is 0 Å². The second-order valence-corrected chi connectivity index (χ2v) is 6.13. The van der Waals surface area contributed by atoms with Crippen LogP contribution in [0.3, 0.4) is 0 Å². The predicted molar refractivity (Wildman–Crippen MR) is 102 cm³/mol. The summed E-state index contributed by atoms with van der Waals surface area (Å²) in [6, 6.07) is 14.3. The summed E-state index contributed by atoms with van der Waals surface area (Å²) in [6.07, 6.45) is 0.678. The minimum absolute atomic E-state index is 0.181. The second-order valence-electron chi connectivity index (χ2n) is 5.69. The van der Waals surface area contributed by atoms with Crippen LogP contribution in [0, 0.1) is 0 Å². The van der Waals surface area contributed by atoms with Crippen LogP contribution in [0.5, 0.6) is 11.5 Å². The second kappa shape index (κ2) is 11.1. The number of rotatable bonds is 10. The van der Waals surface area contributed by atoms with Gasteiger partial charge in [0, 0.05) is 18.0 Å². The summed E-state index contributed by atoms with van der Waals surface area (Å²) in [5.74, 6) is 0.661. The summed E-state index contributed by atoms with van der Waals surface area (Å²) in [5, 5.41) is 3.31. The third-order valence-corrected chi connectivity index (χ3v) is 3.87. The number of nitrogens with one attached hydrogen (secondary N) is 1. The highest BCUT2D eigenvalue weighted by atomic mass is 35.5. The molecule has 0 bridgehead atoms. The molecule has 0 unspecified atom stereocenters. The van der Waals surface area contributed by atoms with Gasteiger partial charge < -0.3 is 19.5 Å². The summed E-state index contributed by atoms with van der Waals surface area (Å²) in [7, 11) is 1.60. The molecular weight excluding hydrogens is 370 g/mol. The highest BCUT2D eigenvalue weighted by molar-refractivity contribution is 6.30. The molecule has 0 radical (unpaired) electrons. The van der Waals surface area contributed by atoms with Gasteiger partial charge in [-0.25, -0.2) is 0 Å². The number of ether oxygens (including phenoxy) is 3. The molecule has 1 N–H and O–H groups in total. The molecule has 0 atom stereocenters. The number of carbonyl (C=O) groups is 2. The average Bonchev–Trinajstić information content (AvgIpc) is 2.69. The number of carbonyl (C=O) groups excluding carboxylic acids is 2. The van der Waals surface area contributed by atoms with Crippen molar-refractivity contribution < 1.29 is 23.8 Å². The molecular formula is C20H22ClNO5. The largest absolute Gasteiger partial charge is 0.497 e. The molecule has 27 heavy (non-hydrogen) atoms. The zero-order valence-corrected chi connectivity index (χ0v) is 15.8. The minimum atomic E-state index is -0.435. The van der Waals surface area contributed by atoms with Crippen molar-refractivity contribution in [2.45, 2.75) is 19.4 Å². The van der Waals surface area contributed by atoms with Crippen molar-refractivity contribution in [3.8, 4) is 11.5 Å². The van der Waals surface area contributed by atoms with Gasteiger partial charge in [0.1, 0.15) is 11.5 Å². The number of hydrogen-bond donors (Lipinski definition) is 1. The Hall–Kier alpha value is -2.73. The minimum Gasteiger partial charge on any atom is -0.497 e. The van der Waals surface area contributed by atoms with E-state index in [2.05, 4.69) is 5.32 Å². The SMILES string of the molecule is COc1ccc(OCCCC(=O)OCC(=O)NCc2ccc(Cl)cc2)cc1. The number of methoxy groups -OCH3 is 1. The number of esters is 1. The fourth-order valence-electron chi connectivity index (χ4n) is 2.15. The van der Waals surface area contributed by atoms with Crippen molar-refractivity contribution in [1.29, 1.82) is 0 Å². The number of hydrogen-bond acceptors (Lipinski definition) is 5. The summed E-state index contributed by atoms with van der Waals surface area (Å²) in [4.78, 5) is 23.4. The Kier molecular flexibility index (Phi) is 8.45. The van der Waals surface area contributed by atoms with Gasteiger partial charge in [0.25, 0.3) is 5.91 Å². The van der Waals surface area contributed by atoms with Gasteiger partial charge in [0.2, 0.25) is 0 Å². The van der Waals surface area contributed by atoms with Crippen molar-refractivity contribution in [3.63, 3.8) is 0 Å². The first-order chi connectivity index (χ1) is 13.1. The molecule has 0 heterocycles. The molecule has 144 valence electrons. The van der Waals surface area contributed by atoms with Crippen molar-refractivity contribution in [2.24, 2.45) is 0 Å². The maximum atomic E-state index is 11.7. The predicted octanol–water partition coefficient (Wildman–Crippen LogP) is 3.37. The first-order valence-corrected chi connectivity index (χ1v) is 8.88. The van der Waals surface area contributed by atoms with E-state index >= 15 is 0 Å². The lowest BCUT2D eigenvalue weighted by Gasteiger charge is -2.08. The molecule has 0 spiro atoms. The molecule has 2 aromatic rings. The smallest absolute Gasteiger partial charge is 0.306 e. The third-order valence-electron chi connectivity index (χ3n) is 3.62. The molecule has 1 amide bonds. The van der Waals surface area contributed by atoms with Gasteiger partial charge in [-0.2, -0.15) is 0 Å². The normalized spacial score (nSPS) is 10.1. The molecule has 0 fully saturated rings. The molecule has 7 heteroatoms. The van der Waals surface area contributed by atoms with E-state index in [4.69, 9.17) is 25.8 Å². The fraction of sp³-hybridized carbons (Fsp3) is 0.300. The van der Waals surface area contributed by atoms with Crippen molar-refractivity contribution in [2.75, 3.05) is 20.3 Å². The van der Waals surface area contributed by atoms with Gasteiger partial charge in [-0.1, -0.05) is 23.7 Å². The van der Waals surface area contributed by atoms with Crippen LogP contribution in [0.15, 0.2) is 48.5 Å². The van der Waals surface area contributed by atoms with Gasteiger partial charge in [-0.05, 0) is 48.4 Å². The van der Waals surface area contributed by atoms with Crippen molar-refractivity contribution in [1.82, 2.24) is 5.32 Å². The monoisotopic (exact) mass is 391 g/mol. The summed E-state index contributed by atoms with van der Waals surface area (Å²) in [5.41, 5.74) is 0.912. The topological polar surface area (TPSA) is 73.9 Å². The van der Waals surface area contributed by atoms with E-state index in [-0.39, 0.29) is 18.9 Å². The van der Waals surface area contributed by atoms with Crippen LogP contribution in [-0.4, -0.2) is 32.2 Å². The molecule has 0 aliphatic carbocycles. The molecule has 6 nitrogen and oxygen atoms in total. The van der Waals surface area contributed by atoms with E-state index in [0.29, 0.717) is 30.3 Å². The highest BCUT2D eigenvalue weighted by Gasteiger charge is 2.08. The van der Waals surface area contributed by atoms with E-state index in [1.807, 2.05) is 12.1 Å². The van der Waals surface area contributed by atoms with Crippen molar-refractivity contribution >= 4 is 23.5 Å². The van der Waals surface area contributed by atoms with Crippen LogP contribution >= 0.6 is 11.6 Å². The standard InChI is InChI=1S/C20H22ClNO5/c1-25-17-8-10-18(11-9-17)26-12-2-3-20(24)27-14-19(23)22-13-15-4-6-16(21)7-5-15/h4-11H,2-3,12-14H2,1H3,(H,22,23). The molecule has 0 aromatic heterocycles. The maximum Gasteiger partial charge on any atom is 0.306 e. The lowest BCUT2D eigenvalue weighted by molar-refractivity contribution is -0.148. The number of benzene rings is 2. The Morgan fingerprint density at radius 1 is 1.00 bits per heavy atom. The first kappa shape index (κ1) is 20.6. The van der Waals surface area contributed by atoms with Crippen molar-refractivity contribution in [3.05, 3.63) is 59.1 Å². The molecule has 0 saturated carbocycles. The zero-order chi connectivity index (χ0) is 19.5. The summed E-state index contributed by atoms with van der Waals surface area (Å²) >= 11 is 5.80. The Labute approximate surface area is 163 Å². The van der Waals surface area contributed by atoms with Crippen LogP contribution < -0.4 is 14.8 Å². The number of amides is 1. The van der Waals surface area contributed by atoms with Gasteiger partial charge >= 0.3 is 5.97 Å². The van der Waals surface area contributed by atoms with Gasteiger partial charge in [-0.15, -0.1) is 0 Å². The Morgan fingerprint density at radius 2 is 1.67 bits per heavy atom. The highest BCUT2D eigenvalue weighted by Crippen LogP contribution is 2.17. The van der Waals surface area contributed by atoms with Crippen LogP contribution in [0.2, 0.25) is 5.02 Å². The van der Waals surface area contributed by atoms with E-state index in [1.165, 1.54) is 0 Å². The van der Waals surface area contributed by atoms with E-state index in [0.717, 1.165) is 11.3 Å². The lowest BCUT2D eigenvalue weighted by Crippen LogP contribution is -2.28. The number of halogens is 1. The molecule has 2 aromatic carbocycles. The van der Waals surface area contributed by atoms with Gasteiger partial charge in [-0.3, -0.25) is 9.59 Å².